The number of aliphatic hydroxyl groups is 1. The molecule has 6 atom stereocenters. The van der Waals surface area contributed by atoms with Gasteiger partial charge in [0.1, 0.15) is 17.6 Å². The highest BCUT2D eigenvalue weighted by molar-refractivity contribution is 5.99. The number of hydrogen-bond donors (Lipinski definition) is 1. The molecule has 1 spiro atoms. The molecule has 2 amide bonds. The molecule has 3 fully saturated rings. The number of nitrogens with zero attached hydrogens (tertiary/aromatic N) is 2. The summed E-state index contributed by atoms with van der Waals surface area (Å²) in [5.41, 5.74) is -1.25. The van der Waals surface area contributed by atoms with E-state index in [9.17, 15) is 19.5 Å². The van der Waals surface area contributed by atoms with Gasteiger partial charge in [0.25, 0.3) is 0 Å². The number of carbonyl (C=O) groups excluding carboxylic acids is 3. The minimum absolute atomic E-state index is 0.134. The first kappa shape index (κ1) is 22.6. The molecule has 8 nitrogen and oxygen atoms in total. The molecule has 0 aromatic carbocycles. The quantitative estimate of drug-likeness (QED) is 0.510. The van der Waals surface area contributed by atoms with E-state index in [0.717, 1.165) is 38.5 Å². The Balaban J connectivity index is 1.59. The number of hydrogen-bond acceptors (Lipinski definition) is 6. The number of cyclic esters (lactones) is 1. The van der Waals surface area contributed by atoms with E-state index in [1.165, 1.54) is 11.3 Å². The smallest absolute Gasteiger partial charge is 0.312 e. The van der Waals surface area contributed by atoms with Crippen molar-refractivity contribution in [2.75, 3.05) is 19.8 Å². The fraction of sp³-hybridized carbons (Fsp3) is 0.720. The summed E-state index contributed by atoms with van der Waals surface area (Å²) in [6, 6.07) is -1.34. The topological polar surface area (TPSA) is 96.4 Å². The van der Waals surface area contributed by atoms with Crippen LogP contribution in [0.15, 0.2) is 24.3 Å². The van der Waals surface area contributed by atoms with Gasteiger partial charge in [0.15, 0.2) is 0 Å². The summed E-state index contributed by atoms with van der Waals surface area (Å²) in [5, 5.41) is 9.96. The van der Waals surface area contributed by atoms with Crippen molar-refractivity contribution in [1.29, 1.82) is 0 Å². The van der Waals surface area contributed by atoms with Crippen LogP contribution in [-0.4, -0.2) is 82.3 Å². The second kappa shape index (κ2) is 8.87. The Bertz CT molecular complexity index is 865. The van der Waals surface area contributed by atoms with Crippen LogP contribution in [0.4, 0.5) is 0 Å². The lowest BCUT2D eigenvalue weighted by Crippen LogP contribution is -2.59. The van der Waals surface area contributed by atoms with Crippen LogP contribution in [0.3, 0.4) is 0 Å². The van der Waals surface area contributed by atoms with Crippen molar-refractivity contribution in [2.24, 2.45) is 11.8 Å². The number of carbonyl (C=O) groups is 3. The van der Waals surface area contributed by atoms with Crippen molar-refractivity contribution in [3.8, 4) is 0 Å². The molecule has 0 bridgehead atoms. The molecule has 5 rings (SSSR count). The zero-order valence-electron chi connectivity index (χ0n) is 19.2. The largest absolute Gasteiger partial charge is 0.465 e. The molecule has 180 valence electrons. The fourth-order valence-corrected chi connectivity index (χ4v) is 6.49. The number of rotatable bonds is 3. The lowest BCUT2D eigenvalue weighted by Gasteiger charge is -2.40. The van der Waals surface area contributed by atoms with Gasteiger partial charge in [0.05, 0.1) is 31.3 Å². The van der Waals surface area contributed by atoms with Gasteiger partial charge in [-0.05, 0) is 32.6 Å². The zero-order chi connectivity index (χ0) is 23.2. The Morgan fingerprint density at radius 3 is 2.67 bits per heavy atom. The third-order valence-corrected chi connectivity index (χ3v) is 8.07. The van der Waals surface area contributed by atoms with E-state index in [4.69, 9.17) is 9.47 Å². The van der Waals surface area contributed by atoms with Gasteiger partial charge >= 0.3 is 5.97 Å². The predicted octanol–water partition coefficient (Wildman–Crippen LogP) is 1.57. The van der Waals surface area contributed by atoms with E-state index in [-0.39, 0.29) is 24.5 Å². The van der Waals surface area contributed by atoms with E-state index < -0.39 is 41.6 Å². The van der Waals surface area contributed by atoms with Crippen LogP contribution in [0, 0.1) is 11.8 Å². The highest BCUT2D eigenvalue weighted by atomic mass is 16.6. The van der Waals surface area contributed by atoms with E-state index in [1.807, 2.05) is 29.2 Å². The number of aliphatic hydroxyl groups excluding tert-OH is 1. The molecule has 0 radical (unpaired) electrons. The van der Waals surface area contributed by atoms with Crippen molar-refractivity contribution >= 4 is 17.8 Å². The highest BCUT2D eigenvalue weighted by Crippen LogP contribution is 2.53. The summed E-state index contributed by atoms with van der Waals surface area (Å²) in [7, 11) is 0. The Hall–Kier alpha value is -2.19. The fourth-order valence-electron chi connectivity index (χ4n) is 6.49. The van der Waals surface area contributed by atoms with Crippen LogP contribution in [-0.2, 0) is 23.9 Å². The van der Waals surface area contributed by atoms with Crippen LogP contribution in [0.5, 0.6) is 0 Å². The first-order valence-corrected chi connectivity index (χ1v) is 12.4. The van der Waals surface area contributed by atoms with Crippen molar-refractivity contribution in [2.45, 2.75) is 81.7 Å². The van der Waals surface area contributed by atoms with E-state index in [2.05, 4.69) is 0 Å². The number of allylic oxidation sites excluding steroid dienone is 1. The molecule has 0 aromatic rings. The molecule has 2 saturated heterocycles. The Morgan fingerprint density at radius 1 is 1.12 bits per heavy atom. The number of likely N-dealkylation sites (tertiary alicyclic amines) is 1. The lowest BCUT2D eigenvalue weighted by molar-refractivity contribution is -0.156. The van der Waals surface area contributed by atoms with Crippen LogP contribution in [0.25, 0.3) is 0 Å². The van der Waals surface area contributed by atoms with Crippen LogP contribution in [0.2, 0.25) is 0 Å². The predicted molar refractivity (Wildman–Crippen MR) is 119 cm³/mol. The number of fused-ring (bicyclic) bond motifs is 2. The standard InChI is InChI=1S/C25H34N2O6/c1-16(15-28)27-21-23(30)26(17-9-4-2-5-10-17)13-8-12-25(21)20(22(27)29)19-18(33-25)11-6-3-7-14-32-24(19)31/h6,8,11-12,16-21,28H,2-5,7,9-10,13-15H2,1H3/b11-6-/t16-,18+,19-,20+,21?,25+/m1/s1. The van der Waals surface area contributed by atoms with E-state index in [1.54, 1.807) is 6.92 Å². The Kier molecular flexibility index (Phi) is 6.07. The summed E-state index contributed by atoms with van der Waals surface area (Å²) in [6.07, 6.45) is 13.7. The monoisotopic (exact) mass is 458 g/mol. The molecule has 1 unspecified atom stereocenters. The van der Waals surface area contributed by atoms with E-state index >= 15 is 0 Å². The maximum absolute atomic E-state index is 14.1. The molecule has 33 heavy (non-hydrogen) atoms. The average molecular weight is 459 g/mol. The number of esters is 1. The number of amides is 2. The van der Waals surface area contributed by atoms with Crippen molar-refractivity contribution in [1.82, 2.24) is 9.80 Å². The van der Waals surface area contributed by atoms with Crippen molar-refractivity contribution < 1.29 is 29.0 Å². The van der Waals surface area contributed by atoms with Gasteiger partial charge in [0, 0.05) is 12.6 Å². The van der Waals surface area contributed by atoms with Gasteiger partial charge in [-0.3, -0.25) is 14.4 Å². The first-order chi connectivity index (χ1) is 16.0. The molecule has 0 aromatic heterocycles. The van der Waals surface area contributed by atoms with Crippen LogP contribution < -0.4 is 0 Å². The Morgan fingerprint density at radius 2 is 1.91 bits per heavy atom. The maximum atomic E-state index is 14.1. The zero-order valence-corrected chi connectivity index (χ0v) is 19.2. The summed E-state index contributed by atoms with van der Waals surface area (Å²) in [5.74, 6) is -2.59. The summed E-state index contributed by atoms with van der Waals surface area (Å²) < 4.78 is 12.1. The Labute approximate surface area is 194 Å². The molecular formula is C25H34N2O6. The second-order valence-electron chi connectivity index (χ2n) is 10.0. The molecule has 1 saturated carbocycles. The third kappa shape index (κ3) is 3.53. The molecule has 1 N–H and O–H groups in total. The van der Waals surface area contributed by atoms with E-state index in [0.29, 0.717) is 13.2 Å². The molecular weight excluding hydrogens is 424 g/mol. The molecule has 4 heterocycles. The highest BCUT2D eigenvalue weighted by Gasteiger charge is 2.72. The van der Waals surface area contributed by atoms with Crippen LogP contribution >= 0.6 is 0 Å². The number of ether oxygens (including phenoxy) is 2. The minimum Gasteiger partial charge on any atom is -0.465 e. The van der Waals surface area contributed by atoms with Gasteiger partial charge in [0.2, 0.25) is 11.8 Å². The van der Waals surface area contributed by atoms with Gasteiger partial charge in [-0.1, -0.05) is 43.6 Å². The molecule has 5 aliphatic rings. The average Bonchev–Trinajstić information content (AvgIpc) is 3.24. The first-order valence-electron chi connectivity index (χ1n) is 12.4. The second-order valence-corrected chi connectivity index (χ2v) is 10.0. The third-order valence-electron chi connectivity index (χ3n) is 8.07. The molecule has 1 aliphatic carbocycles. The van der Waals surface area contributed by atoms with Gasteiger partial charge < -0.3 is 24.4 Å². The summed E-state index contributed by atoms with van der Waals surface area (Å²) >= 11 is 0. The SMILES string of the molecule is C[C@H](CO)N1C(=O)[C@@H]2[C@@H]3C(=O)OCCC/C=C\[C@@H]3O[C@@]23C=CCN(C2CCCCC2)C(=O)C13. The van der Waals surface area contributed by atoms with Crippen LogP contribution in [0.1, 0.15) is 51.9 Å². The lowest BCUT2D eigenvalue weighted by atomic mass is 9.78. The molecule has 8 heteroatoms. The summed E-state index contributed by atoms with van der Waals surface area (Å²) in [4.78, 5) is 44.5. The van der Waals surface area contributed by atoms with Gasteiger partial charge in [-0.2, -0.15) is 0 Å². The normalized spacial score (nSPS) is 39.0. The maximum Gasteiger partial charge on any atom is 0.312 e. The molecule has 4 aliphatic heterocycles. The summed E-state index contributed by atoms with van der Waals surface area (Å²) in [6.45, 7) is 2.22. The van der Waals surface area contributed by atoms with Gasteiger partial charge in [-0.25, -0.2) is 0 Å². The van der Waals surface area contributed by atoms with Crippen molar-refractivity contribution in [3.63, 3.8) is 0 Å². The van der Waals surface area contributed by atoms with Gasteiger partial charge in [-0.15, -0.1) is 0 Å². The minimum atomic E-state index is -1.25. The van der Waals surface area contributed by atoms with Crippen molar-refractivity contribution in [3.05, 3.63) is 24.3 Å².